The quantitative estimate of drug-likeness (QED) is 0.271. The molecule has 0 amide bonds. The maximum absolute atomic E-state index is 6.41. The van der Waals surface area contributed by atoms with Gasteiger partial charge in [-0.3, -0.25) is 0 Å². The molecular weight excluding hydrogens is 428 g/mol. The third-order valence-corrected chi connectivity index (χ3v) is 7.15. The first-order valence-electron chi connectivity index (χ1n) is 12.2. The molecule has 3 heteroatoms. The summed E-state index contributed by atoms with van der Waals surface area (Å²) in [5.74, 6) is 0.646. The highest BCUT2D eigenvalue weighted by Gasteiger charge is 2.36. The molecule has 0 saturated heterocycles. The smallest absolute Gasteiger partial charge is 0.227 e. The zero-order valence-corrected chi connectivity index (χ0v) is 21.0. The van der Waals surface area contributed by atoms with Crippen molar-refractivity contribution in [1.82, 2.24) is 4.98 Å². The summed E-state index contributed by atoms with van der Waals surface area (Å²) in [5, 5.41) is 0. The van der Waals surface area contributed by atoms with E-state index in [1.54, 1.807) is 0 Å². The summed E-state index contributed by atoms with van der Waals surface area (Å²) in [7, 11) is 0. The van der Waals surface area contributed by atoms with Crippen LogP contribution < -0.4 is 4.90 Å². The minimum atomic E-state index is -0.183. The van der Waals surface area contributed by atoms with Crippen molar-refractivity contribution < 1.29 is 4.42 Å². The van der Waals surface area contributed by atoms with Crippen molar-refractivity contribution in [2.75, 3.05) is 4.90 Å². The Balaban J connectivity index is 1.53. The van der Waals surface area contributed by atoms with Gasteiger partial charge in [0.1, 0.15) is 5.52 Å². The molecule has 1 heterocycles. The molecule has 0 fully saturated rings. The number of nitrogens with zero attached hydrogens (tertiary/aromatic N) is 2. The summed E-state index contributed by atoms with van der Waals surface area (Å²) >= 11 is 0. The number of oxazole rings is 1. The number of aromatic nitrogens is 1. The van der Waals surface area contributed by atoms with Gasteiger partial charge in [0.2, 0.25) is 5.89 Å². The zero-order chi connectivity index (χ0) is 24.4. The number of rotatable bonds is 3. The van der Waals surface area contributed by atoms with Crippen molar-refractivity contribution in [3.63, 3.8) is 0 Å². The molecule has 0 aliphatic heterocycles. The molecule has 0 bridgehead atoms. The highest BCUT2D eigenvalue weighted by atomic mass is 16.3. The van der Waals surface area contributed by atoms with Gasteiger partial charge in [-0.1, -0.05) is 68.4 Å². The molecule has 5 aromatic rings. The normalized spacial score (nSPS) is 14.1. The Labute approximate surface area is 207 Å². The third kappa shape index (κ3) is 3.37. The molecule has 0 spiro atoms. The molecular formula is C32H30N2O. The van der Waals surface area contributed by atoms with Crippen LogP contribution in [0, 0.1) is 0 Å². The van der Waals surface area contributed by atoms with Crippen molar-refractivity contribution in [2.24, 2.45) is 0 Å². The molecule has 0 unspecified atom stereocenters. The van der Waals surface area contributed by atoms with Crippen LogP contribution in [-0.2, 0) is 5.41 Å². The van der Waals surface area contributed by atoms with Crippen molar-refractivity contribution in [1.29, 1.82) is 0 Å². The summed E-state index contributed by atoms with van der Waals surface area (Å²) in [6.45, 7) is 11.4. The molecule has 1 aromatic heterocycles. The van der Waals surface area contributed by atoms with E-state index in [-0.39, 0.29) is 11.0 Å². The molecule has 0 N–H and O–H groups in total. The lowest BCUT2D eigenvalue weighted by Gasteiger charge is -2.38. The van der Waals surface area contributed by atoms with E-state index in [1.165, 1.54) is 22.3 Å². The van der Waals surface area contributed by atoms with Gasteiger partial charge >= 0.3 is 0 Å². The fourth-order valence-electron chi connectivity index (χ4n) is 5.53. The van der Waals surface area contributed by atoms with Gasteiger partial charge in [0.25, 0.3) is 0 Å². The van der Waals surface area contributed by atoms with Crippen LogP contribution >= 0.6 is 0 Å². The molecule has 6 rings (SSSR count). The average Bonchev–Trinajstić information content (AvgIpc) is 3.38. The average molecular weight is 459 g/mol. The number of benzene rings is 4. The Morgan fingerprint density at radius 2 is 1.46 bits per heavy atom. The number of hydrogen-bond acceptors (Lipinski definition) is 3. The molecule has 0 radical (unpaired) electrons. The largest absolute Gasteiger partial charge is 0.434 e. The van der Waals surface area contributed by atoms with Crippen molar-refractivity contribution in [3.05, 3.63) is 102 Å². The number of para-hydroxylation sites is 1. The monoisotopic (exact) mass is 458 g/mol. The van der Waals surface area contributed by atoms with Gasteiger partial charge in [-0.2, -0.15) is 0 Å². The predicted octanol–water partition coefficient (Wildman–Crippen LogP) is 8.74. The maximum Gasteiger partial charge on any atom is 0.227 e. The highest BCUT2D eigenvalue weighted by Crippen LogP contribution is 2.50. The Bertz CT molecular complexity index is 1550. The van der Waals surface area contributed by atoms with Crippen molar-refractivity contribution in [2.45, 2.75) is 45.6 Å². The van der Waals surface area contributed by atoms with Gasteiger partial charge in [-0.05, 0) is 79.4 Å². The molecule has 4 aromatic carbocycles. The van der Waals surface area contributed by atoms with Crippen molar-refractivity contribution >= 4 is 22.5 Å². The zero-order valence-electron chi connectivity index (χ0n) is 21.0. The molecule has 0 atom stereocenters. The topological polar surface area (TPSA) is 29.3 Å². The van der Waals surface area contributed by atoms with Crippen LogP contribution in [0.15, 0.2) is 95.4 Å². The van der Waals surface area contributed by atoms with Crippen LogP contribution in [0.5, 0.6) is 0 Å². The van der Waals surface area contributed by atoms with Gasteiger partial charge in [0.15, 0.2) is 5.58 Å². The highest BCUT2D eigenvalue weighted by molar-refractivity contribution is 5.92. The van der Waals surface area contributed by atoms with E-state index in [4.69, 9.17) is 9.40 Å². The van der Waals surface area contributed by atoms with Crippen LogP contribution in [-0.4, -0.2) is 10.5 Å². The summed E-state index contributed by atoms with van der Waals surface area (Å²) < 4.78 is 6.41. The lowest BCUT2D eigenvalue weighted by Crippen LogP contribution is -2.37. The van der Waals surface area contributed by atoms with E-state index in [9.17, 15) is 0 Å². The first kappa shape index (κ1) is 21.7. The standard InChI is InChI=1S/C32H30N2O/c1-31(2,3)34(22-18-19-24-23-14-9-10-15-25(23)32(4,5)26(24)20-22)28-17-11-16-27-29(28)35-30(33-27)21-12-7-6-8-13-21/h6-20H,1-5H3. The first-order valence-corrected chi connectivity index (χ1v) is 12.2. The Kier molecular flexibility index (Phi) is 4.69. The summed E-state index contributed by atoms with van der Waals surface area (Å²) in [5.41, 5.74) is 10.0. The number of fused-ring (bicyclic) bond motifs is 4. The lowest BCUT2D eigenvalue weighted by molar-refractivity contribution is 0.553. The van der Waals surface area contributed by atoms with Crippen LogP contribution in [0.2, 0.25) is 0 Å². The fraction of sp³-hybridized carbons (Fsp3) is 0.219. The lowest BCUT2D eigenvalue weighted by atomic mass is 9.82. The second kappa shape index (κ2) is 7.58. The predicted molar refractivity (Wildman–Crippen MR) is 145 cm³/mol. The minimum Gasteiger partial charge on any atom is -0.434 e. The van der Waals surface area contributed by atoms with E-state index in [0.29, 0.717) is 5.89 Å². The second-order valence-electron chi connectivity index (χ2n) is 10.9. The second-order valence-corrected chi connectivity index (χ2v) is 10.9. The number of hydrogen-bond donors (Lipinski definition) is 0. The van der Waals surface area contributed by atoms with Gasteiger partial charge in [0, 0.05) is 22.2 Å². The van der Waals surface area contributed by atoms with E-state index in [0.717, 1.165) is 28.0 Å². The van der Waals surface area contributed by atoms with Crippen LogP contribution in [0.3, 0.4) is 0 Å². The molecule has 35 heavy (non-hydrogen) atoms. The third-order valence-electron chi connectivity index (χ3n) is 7.15. The molecule has 0 saturated carbocycles. The Morgan fingerprint density at radius 3 is 2.23 bits per heavy atom. The Hall–Kier alpha value is -3.85. The minimum absolute atomic E-state index is 0.0514. The molecule has 1 aliphatic rings. The van der Waals surface area contributed by atoms with Crippen LogP contribution in [0.4, 0.5) is 11.4 Å². The van der Waals surface area contributed by atoms with Crippen molar-refractivity contribution in [3.8, 4) is 22.6 Å². The summed E-state index contributed by atoms with van der Waals surface area (Å²) in [6, 6.07) is 32.0. The Morgan fingerprint density at radius 1 is 0.743 bits per heavy atom. The summed E-state index contributed by atoms with van der Waals surface area (Å²) in [6.07, 6.45) is 0. The van der Waals surface area contributed by atoms with E-state index in [1.807, 2.05) is 36.4 Å². The number of anilines is 2. The molecule has 174 valence electrons. The SMILES string of the molecule is CC1(C)c2ccccc2-c2ccc(N(c3cccc4nc(-c5ccccc5)oc34)C(C)(C)C)cc21. The van der Waals surface area contributed by atoms with E-state index < -0.39 is 0 Å². The molecule has 1 aliphatic carbocycles. The fourth-order valence-corrected chi connectivity index (χ4v) is 5.53. The van der Waals surface area contributed by atoms with Gasteiger partial charge in [-0.15, -0.1) is 0 Å². The van der Waals surface area contributed by atoms with Crippen LogP contribution in [0.25, 0.3) is 33.7 Å². The maximum atomic E-state index is 6.41. The van der Waals surface area contributed by atoms with Gasteiger partial charge in [-0.25, -0.2) is 4.98 Å². The van der Waals surface area contributed by atoms with E-state index in [2.05, 4.69) is 94.1 Å². The van der Waals surface area contributed by atoms with E-state index >= 15 is 0 Å². The van der Waals surface area contributed by atoms with Gasteiger partial charge < -0.3 is 9.32 Å². The van der Waals surface area contributed by atoms with Gasteiger partial charge in [0.05, 0.1) is 5.69 Å². The first-order chi connectivity index (χ1) is 16.7. The molecule has 3 nitrogen and oxygen atoms in total. The summed E-state index contributed by atoms with van der Waals surface area (Å²) in [4.78, 5) is 7.20. The van der Waals surface area contributed by atoms with Crippen LogP contribution in [0.1, 0.15) is 45.7 Å².